The summed E-state index contributed by atoms with van der Waals surface area (Å²) >= 11 is 0. The third-order valence-corrected chi connectivity index (χ3v) is 3.34. The monoisotopic (exact) mass is 260 g/mol. The summed E-state index contributed by atoms with van der Waals surface area (Å²) in [6.45, 7) is 1.36. The number of aromatic nitrogens is 5. The molecular formula is C12H16N6O. The van der Waals surface area contributed by atoms with Crippen molar-refractivity contribution in [3.63, 3.8) is 0 Å². The van der Waals surface area contributed by atoms with Crippen LogP contribution in [0.25, 0.3) is 0 Å². The second-order valence-electron chi connectivity index (χ2n) is 4.66. The van der Waals surface area contributed by atoms with Gasteiger partial charge in [0.15, 0.2) is 5.69 Å². The third kappa shape index (κ3) is 2.49. The van der Waals surface area contributed by atoms with Gasteiger partial charge in [0, 0.05) is 30.5 Å². The van der Waals surface area contributed by atoms with Gasteiger partial charge in [0.05, 0.1) is 6.20 Å². The number of nitrogens with one attached hydrogen (secondary N) is 2. The van der Waals surface area contributed by atoms with Gasteiger partial charge in [-0.1, -0.05) is 5.21 Å². The van der Waals surface area contributed by atoms with E-state index in [2.05, 4.69) is 25.8 Å². The molecule has 0 radical (unpaired) electrons. The van der Waals surface area contributed by atoms with Crippen molar-refractivity contribution in [2.24, 2.45) is 0 Å². The van der Waals surface area contributed by atoms with E-state index in [0.717, 1.165) is 43.5 Å². The highest BCUT2D eigenvalue weighted by Gasteiger charge is 2.22. The van der Waals surface area contributed by atoms with Gasteiger partial charge in [-0.15, -0.1) is 5.10 Å². The normalized spacial score (nSPS) is 13.5. The van der Waals surface area contributed by atoms with Crippen LogP contribution in [-0.2, 0) is 19.4 Å². The average molecular weight is 260 g/mol. The minimum atomic E-state index is -0.0852. The maximum Gasteiger partial charge on any atom is 0.272 e. The van der Waals surface area contributed by atoms with E-state index in [4.69, 9.17) is 0 Å². The quantitative estimate of drug-likeness (QED) is 0.757. The molecule has 0 spiro atoms. The Morgan fingerprint density at radius 3 is 3.26 bits per heavy atom. The Labute approximate surface area is 110 Å². The van der Waals surface area contributed by atoms with Crippen molar-refractivity contribution < 1.29 is 4.79 Å². The molecule has 0 saturated carbocycles. The van der Waals surface area contributed by atoms with Gasteiger partial charge in [0.1, 0.15) is 0 Å². The molecule has 100 valence electrons. The van der Waals surface area contributed by atoms with Gasteiger partial charge in [-0.2, -0.15) is 5.10 Å². The van der Waals surface area contributed by atoms with Gasteiger partial charge in [0.2, 0.25) is 0 Å². The van der Waals surface area contributed by atoms with Gasteiger partial charge in [-0.3, -0.25) is 14.6 Å². The highest BCUT2D eigenvalue weighted by molar-refractivity contribution is 5.94. The maximum absolute atomic E-state index is 12.0. The summed E-state index contributed by atoms with van der Waals surface area (Å²) in [6.07, 6.45) is 7.33. The van der Waals surface area contributed by atoms with Gasteiger partial charge < -0.3 is 5.32 Å². The number of carbonyl (C=O) groups excluding carboxylic acids is 1. The molecule has 2 heterocycles. The first-order valence-corrected chi connectivity index (χ1v) is 6.53. The molecule has 7 nitrogen and oxygen atoms in total. The molecular weight excluding hydrogens is 244 g/mol. The van der Waals surface area contributed by atoms with Crippen LogP contribution < -0.4 is 5.32 Å². The van der Waals surface area contributed by atoms with Crippen molar-refractivity contribution in [2.45, 2.75) is 32.2 Å². The van der Waals surface area contributed by atoms with Crippen LogP contribution in [0.4, 0.5) is 0 Å². The van der Waals surface area contributed by atoms with Crippen LogP contribution in [0.2, 0.25) is 0 Å². The Morgan fingerprint density at radius 1 is 1.47 bits per heavy atom. The number of aryl methyl sites for hydroxylation is 2. The lowest BCUT2D eigenvalue weighted by Crippen LogP contribution is -2.26. The number of rotatable bonds is 5. The van der Waals surface area contributed by atoms with Crippen molar-refractivity contribution in [2.75, 3.05) is 6.54 Å². The average Bonchev–Trinajstić information content (AvgIpc) is 3.10. The number of hydrogen-bond acceptors (Lipinski definition) is 4. The zero-order valence-electron chi connectivity index (χ0n) is 10.6. The summed E-state index contributed by atoms with van der Waals surface area (Å²) in [6, 6.07) is 0. The molecule has 0 fully saturated rings. The second kappa shape index (κ2) is 5.21. The fraction of sp³-hybridized carbons (Fsp3) is 0.500. The summed E-state index contributed by atoms with van der Waals surface area (Å²) in [7, 11) is 0. The lowest BCUT2D eigenvalue weighted by atomic mass is 10.2. The van der Waals surface area contributed by atoms with Crippen LogP contribution in [0, 0.1) is 0 Å². The van der Waals surface area contributed by atoms with Crippen molar-refractivity contribution in [1.29, 1.82) is 0 Å². The predicted molar refractivity (Wildman–Crippen MR) is 67.6 cm³/mol. The van der Waals surface area contributed by atoms with Crippen molar-refractivity contribution in [1.82, 2.24) is 30.5 Å². The Bertz CT molecular complexity index is 559. The predicted octanol–water partition coefficient (Wildman–Crippen LogP) is 0.310. The second-order valence-corrected chi connectivity index (χ2v) is 4.66. The largest absolute Gasteiger partial charge is 0.351 e. The van der Waals surface area contributed by atoms with Crippen LogP contribution in [-0.4, -0.2) is 37.6 Å². The Kier molecular flexibility index (Phi) is 3.26. The molecule has 3 rings (SSSR count). The first kappa shape index (κ1) is 11.9. The van der Waals surface area contributed by atoms with Crippen LogP contribution >= 0.6 is 0 Å². The zero-order chi connectivity index (χ0) is 13.1. The highest BCUT2D eigenvalue weighted by atomic mass is 16.1. The molecule has 7 heteroatoms. The molecule has 1 aliphatic carbocycles. The first-order chi connectivity index (χ1) is 9.34. The number of nitrogens with zero attached hydrogens (tertiary/aromatic N) is 4. The third-order valence-electron chi connectivity index (χ3n) is 3.34. The van der Waals surface area contributed by atoms with Crippen LogP contribution in [0.15, 0.2) is 12.4 Å². The van der Waals surface area contributed by atoms with E-state index in [-0.39, 0.29) is 5.91 Å². The van der Waals surface area contributed by atoms with E-state index in [0.29, 0.717) is 12.2 Å². The van der Waals surface area contributed by atoms with Crippen molar-refractivity contribution in [3.05, 3.63) is 29.3 Å². The molecule has 0 atom stereocenters. The summed E-state index contributed by atoms with van der Waals surface area (Å²) in [5.41, 5.74) is 2.77. The number of H-pyrrole nitrogens is 1. The van der Waals surface area contributed by atoms with Gasteiger partial charge in [-0.05, 0) is 25.7 Å². The number of amides is 1. The van der Waals surface area contributed by atoms with Crippen LogP contribution in [0.3, 0.4) is 0 Å². The number of hydrogen-bond donors (Lipinski definition) is 2. The van der Waals surface area contributed by atoms with E-state index < -0.39 is 0 Å². The molecule has 2 aromatic rings. The van der Waals surface area contributed by atoms with Gasteiger partial charge in [-0.25, -0.2) is 0 Å². The summed E-state index contributed by atoms with van der Waals surface area (Å²) < 4.78 is 1.75. The summed E-state index contributed by atoms with van der Waals surface area (Å²) in [4.78, 5) is 12.0. The van der Waals surface area contributed by atoms with Gasteiger partial charge in [0.25, 0.3) is 5.91 Å². The Balaban J connectivity index is 1.48. The van der Waals surface area contributed by atoms with E-state index in [1.165, 1.54) is 0 Å². The first-order valence-electron chi connectivity index (χ1n) is 6.53. The Morgan fingerprint density at radius 2 is 2.42 bits per heavy atom. The molecule has 2 N–H and O–H groups in total. The van der Waals surface area contributed by atoms with Crippen LogP contribution in [0.1, 0.15) is 34.6 Å². The molecule has 0 unspecified atom stereocenters. The minimum absolute atomic E-state index is 0.0852. The standard InChI is InChI=1S/C12H16N6O/c19-12(11-9-3-1-4-10(9)15-16-11)13-5-2-7-18-8-6-14-17-18/h6,8H,1-5,7H2,(H,13,19)(H,15,16). The fourth-order valence-corrected chi connectivity index (χ4v) is 2.39. The molecule has 0 saturated heterocycles. The molecule has 0 aromatic carbocycles. The lowest BCUT2D eigenvalue weighted by Gasteiger charge is -2.04. The highest BCUT2D eigenvalue weighted by Crippen LogP contribution is 2.22. The smallest absolute Gasteiger partial charge is 0.272 e. The fourth-order valence-electron chi connectivity index (χ4n) is 2.39. The topological polar surface area (TPSA) is 88.5 Å². The van der Waals surface area contributed by atoms with E-state index in [1.54, 1.807) is 10.9 Å². The van der Waals surface area contributed by atoms with E-state index in [1.807, 2.05) is 6.20 Å². The Hall–Kier alpha value is -2.18. The van der Waals surface area contributed by atoms with E-state index >= 15 is 0 Å². The minimum Gasteiger partial charge on any atom is -0.351 e. The number of fused-ring (bicyclic) bond motifs is 1. The number of carbonyl (C=O) groups is 1. The van der Waals surface area contributed by atoms with Crippen molar-refractivity contribution in [3.8, 4) is 0 Å². The number of aromatic amines is 1. The SMILES string of the molecule is O=C(NCCCn1ccnn1)c1n[nH]c2c1CCC2. The molecule has 0 aliphatic heterocycles. The zero-order valence-corrected chi connectivity index (χ0v) is 10.6. The summed E-state index contributed by atoms with van der Waals surface area (Å²) in [5.74, 6) is -0.0852. The molecule has 19 heavy (non-hydrogen) atoms. The molecule has 1 aliphatic rings. The maximum atomic E-state index is 12.0. The lowest BCUT2D eigenvalue weighted by molar-refractivity contribution is 0.0946. The van der Waals surface area contributed by atoms with Crippen molar-refractivity contribution >= 4 is 5.91 Å². The molecule has 1 amide bonds. The summed E-state index contributed by atoms with van der Waals surface area (Å²) in [5, 5.41) is 17.5. The molecule has 0 bridgehead atoms. The van der Waals surface area contributed by atoms with E-state index in [9.17, 15) is 4.79 Å². The van der Waals surface area contributed by atoms with Crippen LogP contribution in [0.5, 0.6) is 0 Å². The molecule has 2 aromatic heterocycles. The van der Waals surface area contributed by atoms with Gasteiger partial charge >= 0.3 is 0 Å².